The van der Waals surface area contributed by atoms with Crippen molar-refractivity contribution >= 4 is 11.7 Å². The van der Waals surface area contributed by atoms with Crippen molar-refractivity contribution in [3.63, 3.8) is 0 Å². The molecule has 0 spiro atoms. The van der Waals surface area contributed by atoms with E-state index in [1.807, 2.05) is 12.1 Å². The van der Waals surface area contributed by atoms with E-state index in [0.29, 0.717) is 0 Å². The van der Waals surface area contributed by atoms with E-state index in [-0.39, 0.29) is 11.7 Å². The lowest BCUT2D eigenvalue weighted by molar-refractivity contribution is -0.132. The summed E-state index contributed by atoms with van der Waals surface area (Å²) in [5, 5.41) is 13.4. The summed E-state index contributed by atoms with van der Waals surface area (Å²) in [6.07, 6.45) is 0. The molecule has 17 heavy (non-hydrogen) atoms. The minimum Gasteiger partial charge on any atom is -0.409 e. The fourth-order valence-electron chi connectivity index (χ4n) is 1.44. The normalized spacial score (nSPS) is 20.3. The Bertz CT molecular complexity index is 308. The zero-order valence-corrected chi connectivity index (χ0v) is 10.6. The summed E-state index contributed by atoms with van der Waals surface area (Å²) in [7, 11) is 2.04. The minimum absolute atomic E-state index is 0.0934. The first kappa shape index (κ1) is 13.7. The Morgan fingerprint density at radius 2 is 1.88 bits per heavy atom. The zero-order chi connectivity index (χ0) is 13.1. The summed E-state index contributed by atoms with van der Waals surface area (Å²) >= 11 is 0. The molecule has 0 bridgehead atoms. The van der Waals surface area contributed by atoms with E-state index in [9.17, 15) is 4.79 Å². The van der Waals surface area contributed by atoms with Gasteiger partial charge in [0.05, 0.1) is 0 Å². The van der Waals surface area contributed by atoms with Crippen molar-refractivity contribution in [1.29, 1.82) is 0 Å². The number of rotatable bonds is 3. The standard InChI is InChI=1S/C10H21N5O2/c1-10(2,8(11)13-17)9(16)12-15-6-4-14(3)5-7-15/h17H,4-7H2,1-3H3,(H2,11,13)(H,12,16). The van der Waals surface area contributed by atoms with Gasteiger partial charge in [-0.2, -0.15) is 0 Å². The number of carbonyl (C=O) groups excluding carboxylic acids is 1. The summed E-state index contributed by atoms with van der Waals surface area (Å²) in [6, 6.07) is 0. The topological polar surface area (TPSA) is 94.2 Å². The van der Waals surface area contributed by atoms with Crippen LogP contribution < -0.4 is 11.2 Å². The van der Waals surface area contributed by atoms with Crippen molar-refractivity contribution in [2.24, 2.45) is 16.3 Å². The van der Waals surface area contributed by atoms with Crippen LogP contribution in [0.15, 0.2) is 5.16 Å². The van der Waals surface area contributed by atoms with Crippen molar-refractivity contribution in [3.05, 3.63) is 0 Å². The summed E-state index contributed by atoms with van der Waals surface area (Å²) in [4.78, 5) is 14.2. The molecule has 1 rings (SSSR count). The first-order chi connectivity index (χ1) is 7.87. The molecular formula is C10H21N5O2. The highest BCUT2D eigenvalue weighted by Crippen LogP contribution is 2.15. The molecule has 7 nitrogen and oxygen atoms in total. The van der Waals surface area contributed by atoms with E-state index in [0.717, 1.165) is 26.2 Å². The first-order valence-electron chi connectivity index (χ1n) is 5.60. The van der Waals surface area contributed by atoms with E-state index in [1.165, 1.54) is 0 Å². The average molecular weight is 243 g/mol. The fourth-order valence-corrected chi connectivity index (χ4v) is 1.44. The number of piperazine rings is 1. The Labute approximate surface area is 101 Å². The second-order valence-corrected chi connectivity index (χ2v) is 4.84. The van der Waals surface area contributed by atoms with Crippen LogP contribution in [0.4, 0.5) is 0 Å². The molecule has 0 aromatic heterocycles. The molecule has 4 N–H and O–H groups in total. The lowest BCUT2D eigenvalue weighted by atomic mass is 9.91. The molecule has 1 amide bonds. The largest absolute Gasteiger partial charge is 0.409 e. The average Bonchev–Trinajstić information content (AvgIpc) is 2.30. The number of amidine groups is 1. The molecule has 0 saturated carbocycles. The number of nitrogens with one attached hydrogen (secondary N) is 1. The van der Waals surface area contributed by atoms with E-state index in [2.05, 4.69) is 15.5 Å². The molecule has 0 aliphatic carbocycles. The Morgan fingerprint density at radius 1 is 1.35 bits per heavy atom. The van der Waals surface area contributed by atoms with Gasteiger partial charge in [-0.05, 0) is 20.9 Å². The molecular weight excluding hydrogens is 222 g/mol. The van der Waals surface area contributed by atoms with Crippen molar-refractivity contribution in [1.82, 2.24) is 15.3 Å². The van der Waals surface area contributed by atoms with Gasteiger partial charge in [0.1, 0.15) is 5.41 Å². The van der Waals surface area contributed by atoms with Gasteiger partial charge in [0, 0.05) is 26.2 Å². The number of nitrogens with two attached hydrogens (primary N) is 1. The molecule has 0 atom stereocenters. The molecule has 0 radical (unpaired) electrons. The Morgan fingerprint density at radius 3 is 2.35 bits per heavy atom. The van der Waals surface area contributed by atoms with Gasteiger partial charge in [-0.1, -0.05) is 5.16 Å². The van der Waals surface area contributed by atoms with Gasteiger partial charge >= 0.3 is 0 Å². The maximum Gasteiger partial charge on any atom is 0.247 e. The van der Waals surface area contributed by atoms with Crippen LogP contribution in [0.2, 0.25) is 0 Å². The highest BCUT2D eigenvalue weighted by atomic mass is 16.4. The number of likely N-dealkylation sites (N-methyl/N-ethyl adjacent to an activating group) is 1. The quantitative estimate of drug-likeness (QED) is 0.257. The maximum absolute atomic E-state index is 12.0. The third-order valence-corrected chi connectivity index (χ3v) is 3.08. The third-order valence-electron chi connectivity index (χ3n) is 3.08. The molecule has 1 heterocycles. The first-order valence-corrected chi connectivity index (χ1v) is 5.60. The number of amides is 1. The number of nitrogens with zero attached hydrogens (tertiary/aromatic N) is 3. The SMILES string of the molecule is CN1CCN(NC(=O)C(C)(C)C(N)=NO)CC1. The fraction of sp³-hybridized carbons (Fsp3) is 0.800. The van der Waals surface area contributed by atoms with Crippen molar-refractivity contribution in [2.75, 3.05) is 33.2 Å². The number of hydrogen-bond donors (Lipinski definition) is 3. The Kier molecular flexibility index (Phi) is 4.30. The second-order valence-electron chi connectivity index (χ2n) is 4.84. The number of hydrogen-bond acceptors (Lipinski definition) is 5. The van der Waals surface area contributed by atoms with Crippen LogP contribution in [0, 0.1) is 5.41 Å². The molecule has 7 heteroatoms. The van der Waals surface area contributed by atoms with Crippen LogP contribution in [-0.4, -0.2) is 60.1 Å². The van der Waals surface area contributed by atoms with Crippen LogP contribution in [0.25, 0.3) is 0 Å². The lowest BCUT2D eigenvalue weighted by Gasteiger charge is -2.34. The van der Waals surface area contributed by atoms with Gasteiger partial charge < -0.3 is 15.8 Å². The number of oxime groups is 1. The van der Waals surface area contributed by atoms with Crippen LogP contribution in [-0.2, 0) is 4.79 Å². The molecule has 98 valence electrons. The highest BCUT2D eigenvalue weighted by molar-refractivity contribution is 6.05. The van der Waals surface area contributed by atoms with Crippen molar-refractivity contribution in [3.8, 4) is 0 Å². The van der Waals surface area contributed by atoms with E-state index in [1.54, 1.807) is 13.8 Å². The van der Waals surface area contributed by atoms with E-state index >= 15 is 0 Å². The second kappa shape index (κ2) is 5.33. The lowest BCUT2D eigenvalue weighted by Crippen LogP contribution is -2.57. The van der Waals surface area contributed by atoms with Gasteiger partial charge in [0.2, 0.25) is 5.91 Å². The number of hydrazine groups is 1. The molecule has 1 fully saturated rings. The third kappa shape index (κ3) is 3.31. The van der Waals surface area contributed by atoms with Crippen LogP contribution in [0.1, 0.15) is 13.8 Å². The van der Waals surface area contributed by atoms with Crippen LogP contribution in [0.5, 0.6) is 0 Å². The maximum atomic E-state index is 12.0. The van der Waals surface area contributed by atoms with Gasteiger partial charge in [-0.15, -0.1) is 0 Å². The number of carbonyl (C=O) groups is 1. The van der Waals surface area contributed by atoms with Gasteiger partial charge in [0.25, 0.3) is 0 Å². The summed E-state index contributed by atoms with van der Waals surface area (Å²) < 4.78 is 0. The smallest absolute Gasteiger partial charge is 0.247 e. The molecule has 1 aliphatic rings. The molecule has 1 saturated heterocycles. The predicted molar refractivity (Wildman–Crippen MR) is 64.4 cm³/mol. The highest BCUT2D eigenvalue weighted by Gasteiger charge is 2.34. The van der Waals surface area contributed by atoms with Gasteiger partial charge in [0.15, 0.2) is 5.84 Å². The molecule has 0 unspecified atom stereocenters. The zero-order valence-electron chi connectivity index (χ0n) is 10.6. The van der Waals surface area contributed by atoms with Gasteiger partial charge in [-0.3, -0.25) is 10.2 Å². The summed E-state index contributed by atoms with van der Waals surface area (Å²) in [6.45, 7) is 6.60. The van der Waals surface area contributed by atoms with Crippen LogP contribution in [0.3, 0.4) is 0 Å². The molecule has 0 aromatic carbocycles. The minimum atomic E-state index is -1.02. The monoisotopic (exact) mass is 243 g/mol. The van der Waals surface area contributed by atoms with Crippen molar-refractivity contribution in [2.45, 2.75) is 13.8 Å². The Hall–Kier alpha value is -1.34. The van der Waals surface area contributed by atoms with Crippen molar-refractivity contribution < 1.29 is 10.0 Å². The molecule has 1 aliphatic heterocycles. The molecule has 0 aromatic rings. The predicted octanol–water partition coefficient (Wildman–Crippen LogP) is -0.962. The Balaban J connectivity index is 2.54. The summed E-state index contributed by atoms with van der Waals surface area (Å²) in [5.41, 5.74) is 7.27. The van der Waals surface area contributed by atoms with Crippen LogP contribution >= 0.6 is 0 Å². The van der Waals surface area contributed by atoms with Gasteiger partial charge in [-0.25, -0.2) is 5.01 Å². The summed E-state index contributed by atoms with van der Waals surface area (Å²) in [5.74, 6) is -0.360. The van der Waals surface area contributed by atoms with E-state index < -0.39 is 5.41 Å². The van der Waals surface area contributed by atoms with E-state index in [4.69, 9.17) is 10.9 Å².